The molecule has 2 amide bonds. The van der Waals surface area contributed by atoms with Gasteiger partial charge in [0.15, 0.2) is 0 Å². The van der Waals surface area contributed by atoms with Gasteiger partial charge in [-0.1, -0.05) is 42.5 Å². The maximum absolute atomic E-state index is 12.4. The Morgan fingerprint density at radius 3 is 2.42 bits per heavy atom. The summed E-state index contributed by atoms with van der Waals surface area (Å²) in [6.45, 7) is 4.51. The second kappa shape index (κ2) is 12.3. The molecule has 0 aliphatic carbocycles. The lowest BCUT2D eigenvalue weighted by molar-refractivity contribution is -0.114. The first-order valence-corrected chi connectivity index (χ1v) is 11.2. The van der Waals surface area contributed by atoms with Crippen LogP contribution in [0.1, 0.15) is 36.2 Å². The summed E-state index contributed by atoms with van der Waals surface area (Å²) in [6, 6.07) is 24.8. The van der Waals surface area contributed by atoms with E-state index in [1.54, 1.807) is 18.2 Å². The van der Waals surface area contributed by atoms with Crippen molar-refractivity contribution in [2.24, 2.45) is 0 Å². The molecular weight excluding hydrogens is 414 g/mol. The van der Waals surface area contributed by atoms with Crippen molar-refractivity contribution in [3.63, 3.8) is 0 Å². The second-order valence-electron chi connectivity index (χ2n) is 8.08. The van der Waals surface area contributed by atoms with Gasteiger partial charge in [0.25, 0.3) is 5.91 Å². The second-order valence-corrected chi connectivity index (χ2v) is 8.08. The molecule has 172 valence electrons. The number of benzene rings is 3. The first-order chi connectivity index (χ1) is 16.0. The van der Waals surface area contributed by atoms with Gasteiger partial charge < -0.3 is 20.7 Å². The van der Waals surface area contributed by atoms with Gasteiger partial charge in [0.05, 0.1) is 13.2 Å². The number of hydrogen-bond acceptors (Lipinski definition) is 4. The summed E-state index contributed by atoms with van der Waals surface area (Å²) in [6.07, 6.45) is 1.88. The molecule has 0 aliphatic rings. The van der Waals surface area contributed by atoms with Crippen LogP contribution >= 0.6 is 0 Å². The lowest BCUT2D eigenvalue weighted by atomic mass is 10.1. The number of anilines is 2. The maximum atomic E-state index is 12.4. The zero-order valence-corrected chi connectivity index (χ0v) is 19.1. The van der Waals surface area contributed by atoms with Gasteiger partial charge in [-0.15, -0.1) is 0 Å². The number of rotatable bonds is 11. The van der Waals surface area contributed by atoms with Gasteiger partial charge >= 0.3 is 0 Å². The fourth-order valence-electron chi connectivity index (χ4n) is 3.28. The fraction of sp³-hybridized carbons (Fsp3) is 0.259. The normalized spacial score (nSPS) is 10.5. The monoisotopic (exact) mass is 445 g/mol. The minimum Gasteiger partial charge on any atom is -0.494 e. The first kappa shape index (κ1) is 23.9. The molecule has 0 aromatic heterocycles. The number of aryl methyl sites for hydroxylation is 1. The molecule has 0 heterocycles. The van der Waals surface area contributed by atoms with E-state index in [0.717, 1.165) is 18.6 Å². The Bertz CT molecular complexity index is 1050. The van der Waals surface area contributed by atoms with Gasteiger partial charge in [0.2, 0.25) is 5.91 Å². The molecule has 0 saturated carbocycles. The molecule has 3 aromatic carbocycles. The highest BCUT2D eigenvalue weighted by atomic mass is 16.5. The zero-order valence-electron chi connectivity index (χ0n) is 19.1. The third-order valence-corrected chi connectivity index (χ3v) is 4.84. The van der Waals surface area contributed by atoms with Crippen LogP contribution in [0.4, 0.5) is 11.4 Å². The molecule has 0 unspecified atom stereocenters. The number of carbonyl (C=O) groups is 2. The van der Waals surface area contributed by atoms with Gasteiger partial charge in [-0.05, 0) is 62.6 Å². The van der Waals surface area contributed by atoms with Crippen molar-refractivity contribution in [3.8, 4) is 5.75 Å². The minimum atomic E-state index is -0.187. The average Bonchev–Trinajstić information content (AvgIpc) is 2.81. The molecule has 0 spiro atoms. The van der Waals surface area contributed by atoms with Crippen LogP contribution in [0.25, 0.3) is 0 Å². The number of carbonyl (C=O) groups excluding carboxylic acids is 2. The summed E-state index contributed by atoms with van der Waals surface area (Å²) < 4.78 is 5.84. The Hall–Kier alpha value is -3.80. The fourth-order valence-corrected chi connectivity index (χ4v) is 3.28. The Kier molecular flexibility index (Phi) is 8.88. The van der Waals surface area contributed by atoms with E-state index in [1.165, 1.54) is 5.56 Å². The smallest absolute Gasteiger partial charge is 0.251 e. The predicted molar refractivity (Wildman–Crippen MR) is 133 cm³/mol. The van der Waals surface area contributed by atoms with Gasteiger partial charge in [-0.2, -0.15) is 0 Å². The Labute approximate surface area is 195 Å². The van der Waals surface area contributed by atoms with Crippen LogP contribution in [0, 0.1) is 0 Å². The van der Waals surface area contributed by atoms with E-state index in [0.29, 0.717) is 23.5 Å². The van der Waals surface area contributed by atoms with Gasteiger partial charge in [0.1, 0.15) is 5.75 Å². The van der Waals surface area contributed by atoms with Crippen LogP contribution in [0.2, 0.25) is 0 Å². The van der Waals surface area contributed by atoms with Crippen molar-refractivity contribution < 1.29 is 14.3 Å². The van der Waals surface area contributed by atoms with E-state index >= 15 is 0 Å². The highest BCUT2D eigenvalue weighted by Gasteiger charge is 2.08. The van der Waals surface area contributed by atoms with Crippen molar-refractivity contribution in [1.82, 2.24) is 5.32 Å². The van der Waals surface area contributed by atoms with E-state index < -0.39 is 0 Å². The van der Waals surface area contributed by atoms with Crippen molar-refractivity contribution in [2.45, 2.75) is 32.7 Å². The van der Waals surface area contributed by atoms with Gasteiger partial charge in [0, 0.05) is 29.0 Å². The van der Waals surface area contributed by atoms with Crippen molar-refractivity contribution in [2.75, 3.05) is 23.8 Å². The molecule has 6 heteroatoms. The largest absolute Gasteiger partial charge is 0.494 e. The predicted octanol–water partition coefficient (Wildman–Crippen LogP) is 4.89. The maximum Gasteiger partial charge on any atom is 0.251 e. The number of hydrogen-bond donors (Lipinski definition) is 3. The SMILES string of the molecule is CC(C)NC(=O)c1cccc(NCC(=O)Nc2cccc(OCCCc3ccccc3)c2)c1. The summed E-state index contributed by atoms with van der Waals surface area (Å²) in [4.78, 5) is 24.5. The molecule has 0 saturated heterocycles. The molecule has 3 N–H and O–H groups in total. The Morgan fingerprint density at radius 2 is 1.64 bits per heavy atom. The lowest BCUT2D eigenvalue weighted by Gasteiger charge is -2.12. The van der Waals surface area contributed by atoms with Crippen molar-refractivity contribution in [1.29, 1.82) is 0 Å². The van der Waals surface area contributed by atoms with Gasteiger partial charge in [-0.25, -0.2) is 0 Å². The van der Waals surface area contributed by atoms with E-state index in [4.69, 9.17) is 4.74 Å². The quantitative estimate of drug-likeness (QED) is 0.367. The number of ether oxygens (including phenoxy) is 1. The summed E-state index contributed by atoms with van der Waals surface area (Å²) >= 11 is 0. The summed E-state index contributed by atoms with van der Waals surface area (Å²) in [5.41, 5.74) is 3.22. The van der Waals surface area contributed by atoms with Crippen molar-refractivity contribution in [3.05, 3.63) is 90.0 Å². The average molecular weight is 446 g/mol. The number of nitrogens with one attached hydrogen (secondary N) is 3. The van der Waals surface area contributed by atoms with E-state index in [1.807, 2.05) is 62.4 Å². The molecule has 0 bridgehead atoms. The minimum absolute atomic E-state index is 0.0588. The molecule has 33 heavy (non-hydrogen) atoms. The van der Waals surface area contributed by atoms with Crippen LogP contribution < -0.4 is 20.7 Å². The van der Waals surface area contributed by atoms with Crippen LogP contribution in [0.3, 0.4) is 0 Å². The zero-order chi connectivity index (χ0) is 23.5. The summed E-state index contributed by atoms with van der Waals surface area (Å²) in [7, 11) is 0. The van der Waals surface area contributed by atoms with Crippen molar-refractivity contribution >= 4 is 23.2 Å². The molecule has 6 nitrogen and oxygen atoms in total. The molecule has 3 rings (SSSR count). The molecule has 0 aliphatic heterocycles. The molecule has 0 atom stereocenters. The Morgan fingerprint density at radius 1 is 0.879 bits per heavy atom. The first-order valence-electron chi connectivity index (χ1n) is 11.2. The molecule has 0 fully saturated rings. The number of amides is 2. The standard InChI is InChI=1S/C27H31N3O3/c1-20(2)29-27(32)22-12-6-13-23(17-22)28-19-26(31)30-24-14-7-15-25(18-24)33-16-8-11-21-9-4-3-5-10-21/h3-7,9-10,12-15,17-18,20,28H,8,11,16,19H2,1-2H3,(H,29,32)(H,30,31). The van der Waals surface area contributed by atoms with Crippen LogP contribution in [0.5, 0.6) is 5.75 Å². The topological polar surface area (TPSA) is 79.5 Å². The van der Waals surface area contributed by atoms with Crippen LogP contribution in [-0.4, -0.2) is 31.0 Å². The third-order valence-electron chi connectivity index (χ3n) is 4.84. The molecule has 3 aromatic rings. The summed E-state index contributed by atoms with van der Waals surface area (Å²) in [5, 5.41) is 8.79. The Balaban J connectivity index is 1.44. The third kappa shape index (κ3) is 8.33. The van der Waals surface area contributed by atoms with Crippen LogP contribution in [0.15, 0.2) is 78.9 Å². The van der Waals surface area contributed by atoms with E-state index in [9.17, 15) is 9.59 Å². The molecule has 0 radical (unpaired) electrons. The molecular formula is C27H31N3O3. The van der Waals surface area contributed by atoms with E-state index in [2.05, 4.69) is 28.1 Å². The lowest BCUT2D eigenvalue weighted by Crippen LogP contribution is -2.30. The van der Waals surface area contributed by atoms with Crippen LogP contribution in [-0.2, 0) is 11.2 Å². The van der Waals surface area contributed by atoms with E-state index in [-0.39, 0.29) is 24.4 Å². The van der Waals surface area contributed by atoms with Gasteiger partial charge in [-0.3, -0.25) is 9.59 Å². The summed E-state index contributed by atoms with van der Waals surface area (Å²) in [5.74, 6) is 0.393. The highest BCUT2D eigenvalue weighted by Crippen LogP contribution is 2.18. The highest BCUT2D eigenvalue weighted by molar-refractivity contribution is 5.96.